The van der Waals surface area contributed by atoms with Gasteiger partial charge >= 0.3 is 0 Å². The normalized spacial score (nSPS) is 14.7. The maximum Gasteiger partial charge on any atom is 0.255 e. The van der Waals surface area contributed by atoms with Crippen LogP contribution in [0.25, 0.3) is 5.69 Å². The zero-order chi connectivity index (χ0) is 21.7. The largest absolute Gasteiger partial charge is 0.383 e. The molecule has 0 spiro atoms. The number of halogens is 1. The first-order valence-electron chi connectivity index (χ1n) is 10.1. The van der Waals surface area contributed by atoms with Crippen LogP contribution < -0.4 is 5.32 Å². The predicted octanol–water partition coefficient (Wildman–Crippen LogP) is 1.75. The number of methoxy groups -OCH3 is 1. The number of piperazine rings is 1. The Kier molecular flexibility index (Phi) is 7.23. The maximum atomic E-state index is 13.3. The van der Waals surface area contributed by atoms with Crippen molar-refractivity contribution in [1.82, 2.24) is 19.7 Å². The molecule has 1 fully saturated rings. The van der Waals surface area contributed by atoms with E-state index in [1.165, 1.54) is 12.1 Å². The smallest absolute Gasteiger partial charge is 0.255 e. The Hall–Kier alpha value is -2.71. The summed E-state index contributed by atoms with van der Waals surface area (Å²) in [6, 6.07) is 8.14. The predicted molar refractivity (Wildman–Crippen MR) is 112 cm³/mol. The average molecular weight is 416 g/mol. The van der Waals surface area contributed by atoms with E-state index in [-0.39, 0.29) is 17.6 Å². The quantitative estimate of drug-likeness (QED) is 0.699. The Morgan fingerprint density at radius 3 is 2.40 bits per heavy atom. The van der Waals surface area contributed by atoms with Crippen molar-refractivity contribution in [2.45, 2.75) is 13.8 Å². The number of aryl methyl sites for hydroxylation is 1. The number of aromatic nitrogens is 1. The van der Waals surface area contributed by atoms with Crippen molar-refractivity contribution in [3.63, 3.8) is 0 Å². The van der Waals surface area contributed by atoms with E-state index in [1.54, 1.807) is 19.2 Å². The summed E-state index contributed by atoms with van der Waals surface area (Å²) < 4.78 is 20.2. The molecule has 2 amide bonds. The molecule has 7 nitrogen and oxygen atoms in total. The molecule has 0 unspecified atom stereocenters. The number of hydrogen-bond donors (Lipinski definition) is 1. The molecule has 0 bridgehead atoms. The number of carbonyl (C=O) groups excluding carboxylic acids is 2. The molecule has 1 aromatic heterocycles. The summed E-state index contributed by atoms with van der Waals surface area (Å²) in [5.41, 5.74) is 3.25. The van der Waals surface area contributed by atoms with Crippen LogP contribution in [0.4, 0.5) is 4.39 Å². The van der Waals surface area contributed by atoms with Crippen molar-refractivity contribution >= 4 is 11.8 Å². The Morgan fingerprint density at radius 1 is 1.10 bits per heavy atom. The Morgan fingerprint density at radius 2 is 1.77 bits per heavy atom. The number of rotatable bonds is 7. The van der Waals surface area contributed by atoms with Crippen LogP contribution in [0.5, 0.6) is 0 Å². The lowest BCUT2D eigenvalue weighted by Crippen LogP contribution is -2.51. The minimum Gasteiger partial charge on any atom is -0.383 e. The number of benzene rings is 1. The zero-order valence-corrected chi connectivity index (χ0v) is 17.8. The second kappa shape index (κ2) is 9.86. The maximum absolute atomic E-state index is 13.3. The summed E-state index contributed by atoms with van der Waals surface area (Å²) in [5.74, 6) is -0.335. The SMILES string of the molecule is COCCNC(=O)CN1CCN(C(=O)c2cc(C)n(-c3ccc(F)cc3)c2C)CC1. The van der Waals surface area contributed by atoms with E-state index in [1.807, 2.05) is 34.3 Å². The topological polar surface area (TPSA) is 66.8 Å². The van der Waals surface area contributed by atoms with Gasteiger partial charge in [-0.05, 0) is 44.2 Å². The van der Waals surface area contributed by atoms with Crippen LogP contribution >= 0.6 is 0 Å². The Labute approximate surface area is 176 Å². The van der Waals surface area contributed by atoms with Crippen LogP contribution in [-0.4, -0.2) is 79.2 Å². The molecule has 3 rings (SSSR count). The highest BCUT2D eigenvalue weighted by molar-refractivity contribution is 5.96. The molecule has 1 aliphatic rings. The van der Waals surface area contributed by atoms with Crippen LogP contribution in [0, 0.1) is 19.7 Å². The van der Waals surface area contributed by atoms with Gasteiger partial charge in [0, 0.05) is 56.9 Å². The van der Waals surface area contributed by atoms with Gasteiger partial charge in [-0.25, -0.2) is 4.39 Å². The number of carbonyl (C=O) groups is 2. The van der Waals surface area contributed by atoms with Gasteiger partial charge in [-0.2, -0.15) is 0 Å². The molecule has 1 N–H and O–H groups in total. The highest BCUT2D eigenvalue weighted by Crippen LogP contribution is 2.23. The van der Waals surface area contributed by atoms with Gasteiger partial charge in [-0.1, -0.05) is 0 Å². The third-order valence-corrected chi connectivity index (χ3v) is 5.40. The lowest BCUT2D eigenvalue weighted by molar-refractivity contribution is -0.122. The molecule has 0 atom stereocenters. The molecule has 162 valence electrons. The van der Waals surface area contributed by atoms with Gasteiger partial charge in [0.2, 0.25) is 5.91 Å². The highest BCUT2D eigenvalue weighted by Gasteiger charge is 2.26. The lowest BCUT2D eigenvalue weighted by Gasteiger charge is -2.34. The van der Waals surface area contributed by atoms with Gasteiger partial charge in [0.15, 0.2) is 0 Å². The monoisotopic (exact) mass is 416 g/mol. The number of hydrogen-bond acceptors (Lipinski definition) is 4. The van der Waals surface area contributed by atoms with Crippen LogP contribution in [0.2, 0.25) is 0 Å². The molecule has 0 aliphatic carbocycles. The first-order chi connectivity index (χ1) is 14.4. The molecule has 0 saturated carbocycles. The minimum atomic E-state index is -0.289. The van der Waals surface area contributed by atoms with E-state index in [4.69, 9.17) is 4.74 Å². The first-order valence-corrected chi connectivity index (χ1v) is 10.1. The Balaban J connectivity index is 1.61. The fraction of sp³-hybridized carbons (Fsp3) is 0.455. The van der Waals surface area contributed by atoms with Gasteiger partial charge in [0.1, 0.15) is 5.82 Å². The van der Waals surface area contributed by atoms with Crippen molar-refractivity contribution in [3.05, 3.63) is 53.1 Å². The number of ether oxygens (including phenoxy) is 1. The second-order valence-electron chi connectivity index (χ2n) is 7.51. The fourth-order valence-electron chi connectivity index (χ4n) is 3.80. The van der Waals surface area contributed by atoms with Crippen molar-refractivity contribution in [1.29, 1.82) is 0 Å². The van der Waals surface area contributed by atoms with E-state index in [2.05, 4.69) is 5.32 Å². The third-order valence-electron chi connectivity index (χ3n) is 5.40. The second-order valence-corrected chi connectivity index (χ2v) is 7.51. The molecule has 1 aliphatic heterocycles. The summed E-state index contributed by atoms with van der Waals surface area (Å²) in [6.45, 7) is 7.61. The standard InChI is InChI=1S/C22H29FN4O3/c1-16-14-20(17(2)27(16)19-6-4-18(23)5-7-19)22(29)26-11-9-25(10-12-26)15-21(28)24-8-13-30-3/h4-7,14H,8-13,15H2,1-3H3,(H,24,28). The van der Waals surface area contributed by atoms with Crippen molar-refractivity contribution < 1.29 is 18.7 Å². The van der Waals surface area contributed by atoms with Crippen molar-refractivity contribution in [2.24, 2.45) is 0 Å². The average Bonchev–Trinajstić information content (AvgIpc) is 3.03. The van der Waals surface area contributed by atoms with E-state index in [0.29, 0.717) is 51.4 Å². The van der Waals surface area contributed by atoms with Crippen molar-refractivity contribution in [3.8, 4) is 5.69 Å². The van der Waals surface area contributed by atoms with Gasteiger partial charge in [-0.3, -0.25) is 14.5 Å². The van der Waals surface area contributed by atoms with Crippen LogP contribution in [0.3, 0.4) is 0 Å². The molecule has 8 heteroatoms. The van der Waals surface area contributed by atoms with E-state index in [9.17, 15) is 14.0 Å². The minimum absolute atomic E-state index is 0.0133. The highest BCUT2D eigenvalue weighted by atomic mass is 19.1. The summed E-state index contributed by atoms with van der Waals surface area (Å²) in [4.78, 5) is 28.9. The lowest BCUT2D eigenvalue weighted by atomic mass is 10.2. The molecule has 0 radical (unpaired) electrons. The summed E-state index contributed by atoms with van der Waals surface area (Å²) >= 11 is 0. The van der Waals surface area contributed by atoms with Gasteiger partial charge in [0.05, 0.1) is 18.7 Å². The molecule has 1 saturated heterocycles. The molecule has 30 heavy (non-hydrogen) atoms. The van der Waals surface area contributed by atoms with Crippen LogP contribution in [0.1, 0.15) is 21.7 Å². The summed E-state index contributed by atoms with van der Waals surface area (Å²) in [6.07, 6.45) is 0. The van der Waals surface area contributed by atoms with Crippen LogP contribution in [0.15, 0.2) is 30.3 Å². The fourth-order valence-corrected chi connectivity index (χ4v) is 3.80. The van der Waals surface area contributed by atoms with E-state index < -0.39 is 0 Å². The molecular formula is C22H29FN4O3. The number of nitrogens with zero attached hydrogens (tertiary/aromatic N) is 3. The Bertz CT molecular complexity index is 887. The summed E-state index contributed by atoms with van der Waals surface area (Å²) in [7, 11) is 1.60. The van der Waals surface area contributed by atoms with Gasteiger partial charge in [0.25, 0.3) is 5.91 Å². The first kappa shape index (κ1) is 22.0. The van der Waals surface area contributed by atoms with Crippen LogP contribution in [-0.2, 0) is 9.53 Å². The zero-order valence-electron chi connectivity index (χ0n) is 17.8. The number of nitrogens with one attached hydrogen (secondary N) is 1. The number of amides is 2. The molecule has 2 aromatic rings. The molecule has 2 heterocycles. The van der Waals surface area contributed by atoms with E-state index >= 15 is 0 Å². The van der Waals surface area contributed by atoms with Crippen molar-refractivity contribution in [2.75, 3.05) is 53.0 Å². The summed E-state index contributed by atoms with van der Waals surface area (Å²) in [5, 5.41) is 2.81. The molecule has 1 aromatic carbocycles. The van der Waals surface area contributed by atoms with Gasteiger partial charge < -0.3 is 19.5 Å². The molecular weight excluding hydrogens is 387 g/mol. The van der Waals surface area contributed by atoms with E-state index in [0.717, 1.165) is 17.1 Å². The third kappa shape index (κ3) is 5.06. The van der Waals surface area contributed by atoms with Gasteiger partial charge in [-0.15, -0.1) is 0 Å².